The molecule has 0 aliphatic heterocycles. The van der Waals surface area contributed by atoms with Crippen molar-refractivity contribution in [2.45, 2.75) is 53.4 Å². The van der Waals surface area contributed by atoms with E-state index in [0.29, 0.717) is 5.71 Å². The minimum Gasteiger partial charge on any atom is -0.300 e. The maximum absolute atomic E-state index is 8.31. The summed E-state index contributed by atoms with van der Waals surface area (Å²) in [5, 5.41) is 8.31. The van der Waals surface area contributed by atoms with Crippen LogP contribution in [0.3, 0.4) is 0 Å². The predicted octanol–water partition coefficient (Wildman–Crippen LogP) is 6.57. The first kappa shape index (κ1) is 19.9. The Morgan fingerprint density at radius 2 is 1.46 bits per heavy atom. The molecule has 0 amide bonds. The van der Waals surface area contributed by atoms with E-state index in [2.05, 4.69) is 51.1 Å². The molecule has 128 valence electrons. The predicted molar refractivity (Wildman–Crippen MR) is 107 cm³/mol. The minimum atomic E-state index is 0.144. The van der Waals surface area contributed by atoms with Gasteiger partial charge in [0, 0.05) is 0 Å². The first-order chi connectivity index (χ1) is 11.4. The van der Waals surface area contributed by atoms with E-state index in [1.165, 1.54) is 11.1 Å². The fourth-order valence-electron chi connectivity index (χ4n) is 2.63. The summed E-state index contributed by atoms with van der Waals surface area (Å²) in [7, 11) is 0. The summed E-state index contributed by atoms with van der Waals surface area (Å²) >= 11 is 0. The summed E-state index contributed by atoms with van der Waals surface area (Å²) in [6.07, 6.45) is 3.04. The Morgan fingerprint density at radius 1 is 0.917 bits per heavy atom. The highest BCUT2D eigenvalue weighted by molar-refractivity contribution is 6.10. The molecule has 0 unspecified atom stereocenters. The lowest BCUT2D eigenvalue weighted by atomic mass is 9.83. The van der Waals surface area contributed by atoms with Gasteiger partial charge in [0.1, 0.15) is 0 Å². The van der Waals surface area contributed by atoms with E-state index in [-0.39, 0.29) is 5.41 Å². The number of rotatable bonds is 4. The molecular weight excluding hydrogens is 290 g/mol. The van der Waals surface area contributed by atoms with E-state index in [0.717, 1.165) is 17.6 Å². The molecule has 2 aromatic carbocycles. The highest BCUT2D eigenvalue weighted by atomic mass is 14.4. The van der Waals surface area contributed by atoms with Gasteiger partial charge in [-0.25, -0.2) is 0 Å². The number of allylic oxidation sites excluding steroid dienone is 2. The van der Waals surface area contributed by atoms with E-state index < -0.39 is 0 Å². The third-order valence-corrected chi connectivity index (χ3v) is 3.91. The third kappa shape index (κ3) is 5.49. The second-order valence-corrected chi connectivity index (χ2v) is 6.74. The minimum absolute atomic E-state index is 0.144. The summed E-state index contributed by atoms with van der Waals surface area (Å²) in [5.41, 5.74) is 5.47. The Hall–Kier alpha value is -2.15. The number of nitrogens with one attached hydrogen (secondary N) is 1. The van der Waals surface area contributed by atoms with Crippen molar-refractivity contribution in [2.24, 2.45) is 0 Å². The van der Waals surface area contributed by atoms with Gasteiger partial charge < -0.3 is 5.41 Å². The summed E-state index contributed by atoms with van der Waals surface area (Å²) in [6.45, 7) is 12.8. The van der Waals surface area contributed by atoms with Crippen LogP contribution in [0.2, 0.25) is 0 Å². The van der Waals surface area contributed by atoms with Gasteiger partial charge in [0.05, 0.1) is 5.71 Å². The highest BCUT2D eigenvalue weighted by Crippen LogP contribution is 2.26. The molecule has 1 nitrogen and oxygen atoms in total. The molecule has 1 heteroatoms. The van der Waals surface area contributed by atoms with Crippen molar-refractivity contribution in [3.8, 4) is 0 Å². The van der Waals surface area contributed by atoms with Crippen molar-refractivity contribution in [2.75, 3.05) is 0 Å². The molecule has 0 spiro atoms. The topological polar surface area (TPSA) is 23.9 Å². The van der Waals surface area contributed by atoms with E-state index >= 15 is 0 Å². The Balaban J connectivity index is 0.00000139. The average molecular weight is 322 g/mol. The highest BCUT2D eigenvalue weighted by Gasteiger charge is 2.16. The van der Waals surface area contributed by atoms with E-state index in [9.17, 15) is 0 Å². The zero-order chi connectivity index (χ0) is 18.2. The summed E-state index contributed by atoms with van der Waals surface area (Å²) in [5.74, 6) is 0. The van der Waals surface area contributed by atoms with Crippen LogP contribution < -0.4 is 0 Å². The first-order valence-electron chi connectivity index (χ1n) is 8.79. The molecule has 0 atom stereocenters. The fourth-order valence-corrected chi connectivity index (χ4v) is 2.63. The van der Waals surface area contributed by atoms with Crippen molar-refractivity contribution in [1.29, 1.82) is 5.41 Å². The number of hydrogen-bond donors (Lipinski definition) is 1. The lowest BCUT2D eigenvalue weighted by Gasteiger charge is -2.22. The van der Waals surface area contributed by atoms with Gasteiger partial charge in [-0.2, -0.15) is 0 Å². The number of benzene rings is 2. The van der Waals surface area contributed by atoms with Crippen LogP contribution in [0.5, 0.6) is 0 Å². The van der Waals surface area contributed by atoms with Gasteiger partial charge in [-0.1, -0.05) is 95.3 Å². The Bertz CT molecular complexity index is 673. The van der Waals surface area contributed by atoms with E-state index in [1.807, 2.05) is 51.1 Å². The van der Waals surface area contributed by atoms with Gasteiger partial charge in [0.2, 0.25) is 0 Å². The maximum Gasteiger partial charge on any atom is 0.0638 e. The molecule has 0 bridgehead atoms. The van der Waals surface area contributed by atoms with Gasteiger partial charge in [0.15, 0.2) is 0 Å². The van der Waals surface area contributed by atoms with Crippen LogP contribution >= 0.6 is 0 Å². The molecule has 0 aromatic heterocycles. The van der Waals surface area contributed by atoms with Gasteiger partial charge in [0.25, 0.3) is 0 Å². The van der Waals surface area contributed by atoms with Gasteiger partial charge in [-0.3, -0.25) is 0 Å². The smallest absolute Gasteiger partial charge is 0.0638 e. The van der Waals surface area contributed by atoms with Crippen molar-refractivity contribution >= 4 is 5.71 Å². The molecular formula is C23H31N. The Morgan fingerprint density at radius 3 is 2.04 bits per heavy atom. The van der Waals surface area contributed by atoms with Gasteiger partial charge in [-0.15, -0.1) is 0 Å². The second kappa shape index (κ2) is 9.22. The zero-order valence-electron chi connectivity index (χ0n) is 16.0. The van der Waals surface area contributed by atoms with Gasteiger partial charge >= 0.3 is 0 Å². The van der Waals surface area contributed by atoms with Crippen molar-refractivity contribution in [1.82, 2.24) is 0 Å². The fraction of sp³-hybridized carbons (Fsp3) is 0.348. The quantitative estimate of drug-likeness (QED) is 0.616. The molecule has 2 rings (SSSR count). The van der Waals surface area contributed by atoms with Crippen LogP contribution in [0.1, 0.15) is 58.2 Å². The molecule has 1 N–H and O–H groups in total. The molecule has 0 fully saturated rings. The monoisotopic (exact) mass is 321 g/mol. The van der Waals surface area contributed by atoms with Crippen LogP contribution in [-0.4, -0.2) is 5.71 Å². The van der Waals surface area contributed by atoms with E-state index in [1.54, 1.807) is 0 Å². The second-order valence-electron chi connectivity index (χ2n) is 6.74. The van der Waals surface area contributed by atoms with Crippen LogP contribution in [-0.2, 0) is 11.8 Å². The molecule has 0 saturated carbocycles. The Labute approximate surface area is 148 Å². The normalized spacial score (nSPS) is 11.5. The van der Waals surface area contributed by atoms with Crippen LogP contribution in [0.25, 0.3) is 0 Å². The average Bonchev–Trinajstić information content (AvgIpc) is 2.61. The molecule has 0 radical (unpaired) electrons. The number of hydrogen-bond acceptors (Lipinski definition) is 1. The first-order valence-corrected chi connectivity index (χ1v) is 8.79. The molecule has 2 aromatic rings. The zero-order valence-corrected chi connectivity index (χ0v) is 16.0. The summed E-state index contributed by atoms with van der Waals surface area (Å²) in [6, 6.07) is 18.5. The van der Waals surface area contributed by atoms with Gasteiger partial charge in [-0.05, 0) is 41.0 Å². The lowest BCUT2D eigenvalue weighted by Crippen LogP contribution is -2.14. The molecule has 24 heavy (non-hydrogen) atoms. The maximum atomic E-state index is 8.31. The standard InChI is InChI=1S/C21H25N.C2H6/c1-16(20(22)18-11-6-5-7-12-18)14-15-17-10-8-9-13-19(17)21(2,3)4;1-2/h5-14,22H,15H2,1-4H3;1-2H3/b16-14-,22-20?;. The van der Waals surface area contributed by atoms with E-state index in [4.69, 9.17) is 5.41 Å². The summed E-state index contributed by atoms with van der Waals surface area (Å²) in [4.78, 5) is 0. The molecule has 0 aliphatic carbocycles. The van der Waals surface area contributed by atoms with Crippen molar-refractivity contribution in [3.05, 3.63) is 82.9 Å². The third-order valence-electron chi connectivity index (χ3n) is 3.91. The van der Waals surface area contributed by atoms with Crippen molar-refractivity contribution in [3.63, 3.8) is 0 Å². The molecule has 0 heterocycles. The van der Waals surface area contributed by atoms with Crippen molar-refractivity contribution < 1.29 is 0 Å². The Kier molecular flexibility index (Phi) is 7.64. The largest absolute Gasteiger partial charge is 0.300 e. The van der Waals surface area contributed by atoms with Crippen LogP contribution in [0.4, 0.5) is 0 Å². The van der Waals surface area contributed by atoms with Crippen LogP contribution in [0, 0.1) is 5.41 Å². The molecule has 0 aliphatic rings. The lowest BCUT2D eigenvalue weighted by molar-refractivity contribution is 0.584. The SMILES string of the molecule is C/C(=C/Cc1ccccc1C(C)(C)C)C(=N)c1ccccc1.CC. The van der Waals surface area contributed by atoms with Crippen LogP contribution in [0.15, 0.2) is 66.2 Å². The summed E-state index contributed by atoms with van der Waals surface area (Å²) < 4.78 is 0. The molecule has 0 saturated heterocycles.